The van der Waals surface area contributed by atoms with Crippen LogP contribution in [0, 0.1) is 5.82 Å². The molecule has 1 heterocycles. The second-order valence-corrected chi connectivity index (χ2v) is 5.23. The molecule has 0 fully saturated rings. The van der Waals surface area contributed by atoms with E-state index in [1.807, 2.05) is 30.3 Å². The van der Waals surface area contributed by atoms with Crippen molar-refractivity contribution in [3.8, 4) is 0 Å². The van der Waals surface area contributed by atoms with Crippen molar-refractivity contribution in [2.24, 2.45) is 0 Å². The molecule has 1 unspecified atom stereocenters. The molecule has 0 aliphatic rings. The van der Waals surface area contributed by atoms with Gasteiger partial charge in [0, 0.05) is 18.0 Å². The van der Waals surface area contributed by atoms with Gasteiger partial charge in [-0.2, -0.15) is 0 Å². The van der Waals surface area contributed by atoms with Crippen molar-refractivity contribution < 1.29 is 9.50 Å². The summed E-state index contributed by atoms with van der Waals surface area (Å²) in [6, 6.07) is 13.9. The highest BCUT2D eigenvalue weighted by Gasteiger charge is 2.15. The smallest absolute Gasteiger partial charge is 0.142 e. The summed E-state index contributed by atoms with van der Waals surface area (Å²) >= 11 is 5.94. The first-order valence-corrected chi connectivity index (χ1v) is 6.99. The molecule has 2 nitrogen and oxygen atoms in total. The Bertz CT molecular complexity index is 785. The fourth-order valence-corrected chi connectivity index (χ4v) is 2.65. The summed E-state index contributed by atoms with van der Waals surface area (Å²) in [5.74, 6) is -0.471. The summed E-state index contributed by atoms with van der Waals surface area (Å²) in [6.07, 6.45) is 1.20. The number of aromatic nitrogens is 1. The summed E-state index contributed by atoms with van der Waals surface area (Å²) in [7, 11) is 0. The zero-order valence-corrected chi connectivity index (χ0v) is 11.9. The van der Waals surface area contributed by atoms with Crippen molar-refractivity contribution in [1.82, 2.24) is 4.98 Å². The van der Waals surface area contributed by atoms with E-state index in [1.165, 1.54) is 6.07 Å². The Labute approximate surface area is 126 Å². The van der Waals surface area contributed by atoms with Gasteiger partial charge in [0.05, 0.1) is 16.6 Å². The molecule has 3 aromatic rings. The summed E-state index contributed by atoms with van der Waals surface area (Å²) < 4.78 is 13.5. The average Bonchev–Trinajstić information content (AvgIpc) is 2.51. The molecule has 0 amide bonds. The molecule has 0 bridgehead atoms. The number of nitrogens with zero attached hydrogens (tertiary/aromatic N) is 1. The number of rotatable bonds is 3. The number of benzene rings is 2. The maximum Gasteiger partial charge on any atom is 0.142 e. The van der Waals surface area contributed by atoms with Crippen molar-refractivity contribution in [2.75, 3.05) is 0 Å². The maximum absolute atomic E-state index is 13.5. The Morgan fingerprint density at radius 3 is 2.76 bits per heavy atom. The lowest BCUT2D eigenvalue weighted by Gasteiger charge is -2.14. The van der Waals surface area contributed by atoms with Gasteiger partial charge in [-0.3, -0.25) is 4.98 Å². The Kier molecular flexibility index (Phi) is 3.86. The third kappa shape index (κ3) is 2.75. The van der Waals surface area contributed by atoms with Crippen LogP contribution in [0.5, 0.6) is 0 Å². The predicted molar refractivity (Wildman–Crippen MR) is 81.8 cm³/mol. The van der Waals surface area contributed by atoms with Gasteiger partial charge in [0.1, 0.15) is 5.82 Å². The van der Waals surface area contributed by atoms with Crippen LogP contribution in [0.15, 0.2) is 54.7 Å². The molecule has 0 saturated carbocycles. The van der Waals surface area contributed by atoms with Crippen LogP contribution in [0.25, 0.3) is 10.9 Å². The van der Waals surface area contributed by atoms with Crippen LogP contribution >= 0.6 is 11.6 Å². The van der Waals surface area contributed by atoms with Crippen molar-refractivity contribution in [2.45, 2.75) is 12.5 Å². The number of pyridine rings is 1. The summed E-state index contributed by atoms with van der Waals surface area (Å²) in [5, 5.41) is 11.4. The molecule has 3 rings (SSSR count). The minimum Gasteiger partial charge on any atom is -0.388 e. The summed E-state index contributed by atoms with van der Waals surface area (Å²) in [4.78, 5) is 4.27. The minimum absolute atomic E-state index is 0.0647. The lowest BCUT2D eigenvalue weighted by atomic mass is 9.98. The first kappa shape index (κ1) is 14.0. The van der Waals surface area contributed by atoms with Gasteiger partial charge >= 0.3 is 0 Å². The van der Waals surface area contributed by atoms with Crippen molar-refractivity contribution in [3.05, 3.63) is 76.7 Å². The standard InChI is InChI=1S/C17H13ClFNO/c18-17-11(4-1-7-14(17)19)10-16(21)13-5-2-8-15-12(13)6-3-9-20-15/h1-9,16,21H,10H2. The van der Waals surface area contributed by atoms with Gasteiger partial charge in [-0.1, -0.05) is 41.9 Å². The molecule has 0 aliphatic carbocycles. The van der Waals surface area contributed by atoms with Crippen LogP contribution in [0.2, 0.25) is 5.02 Å². The molecule has 1 atom stereocenters. The van der Waals surface area contributed by atoms with Crippen LogP contribution in [0.3, 0.4) is 0 Å². The topological polar surface area (TPSA) is 33.1 Å². The van der Waals surface area contributed by atoms with Gasteiger partial charge in [0.2, 0.25) is 0 Å². The Morgan fingerprint density at radius 1 is 1.10 bits per heavy atom. The molecule has 0 aliphatic heterocycles. The number of halogens is 2. The molecular formula is C17H13ClFNO. The lowest BCUT2D eigenvalue weighted by molar-refractivity contribution is 0.180. The fourth-order valence-electron chi connectivity index (χ4n) is 2.44. The van der Waals surface area contributed by atoms with E-state index in [4.69, 9.17) is 11.6 Å². The van der Waals surface area contributed by atoms with E-state index in [0.717, 1.165) is 16.5 Å². The first-order valence-electron chi connectivity index (χ1n) is 6.61. The zero-order chi connectivity index (χ0) is 14.8. The number of fused-ring (bicyclic) bond motifs is 1. The largest absolute Gasteiger partial charge is 0.388 e. The summed E-state index contributed by atoms with van der Waals surface area (Å²) in [6.45, 7) is 0. The molecule has 4 heteroatoms. The number of hydrogen-bond donors (Lipinski definition) is 1. The molecule has 0 saturated heterocycles. The van der Waals surface area contributed by atoms with Crippen LogP contribution < -0.4 is 0 Å². The van der Waals surface area contributed by atoms with Crippen molar-refractivity contribution in [1.29, 1.82) is 0 Å². The Morgan fingerprint density at radius 2 is 1.90 bits per heavy atom. The molecule has 21 heavy (non-hydrogen) atoms. The van der Waals surface area contributed by atoms with Gasteiger partial charge in [-0.25, -0.2) is 4.39 Å². The highest BCUT2D eigenvalue weighted by atomic mass is 35.5. The first-order chi connectivity index (χ1) is 10.2. The molecule has 1 N–H and O–H groups in total. The number of aliphatic hydroxyl groups excluding tert-OH is 1. The van der Waals surface area contributed by atoms with Crippen LogP contribution in [-0.4, -0.2) is 10.1 Å². The highest BCUT2D eigenvalue weighted by molar-refractivity contribution is 6.31. The van der Waals surface area contributed by atoms with Gasteiger partial charge in [-0.15, -0.1) is 0 Å². The van der Waals surface area contributed by atoms with E-state index >= 15 is 0 Å². The van der Waals surface area contributed by atoms with Crippen molar-refractivity contribution in [3.63, 3.8) is 0 Å². The Hall–Kier alpha value is -1.97. The number of aliphatic hydroxyl groups is 1. The predicted octanol–water partition coefficient (Wildman–Crippen LogP) is 4.30. The molecule has 0 radical (unpaired) electrons. The van der Waals surface area contributed by atoms with E-state index < -0.39 is 11.9 Å². The van der Waals surface area contributed by atoms with Crippen LogP contribution in [0.1, 0.15) is 17.2 Å². The zero-order valence-electron chi connectivity index (χ0n) is 11.1. The van der Waals surface area contributed by atoms with E-state index in [2.05, 4.69) is 4.98 Å². The van der Waals surface area contributed by atoms with Crippen LogP contribution in [0.4, 0.5) is 4.39 Å². The third-order valence-corrected chi connectivity index (χ3v) is 3.91. The van der Waals surface area contributed by atoms with Crippen molar-refractivity contribution >= 4 is 22.5 Å². The molecule has 106 valence electrons. The SMILES string of the molecule is OC(Cc1cccc(F)c1Cl)c1cccc2ncccc12. The van der Waals surface area contributed by atoms with Crippen LogP contribution in [-0.2, 0) is 6.42 Å². The fraction of sp³-hybridized carbons (Fsp3) is 0.118. The quantitative estimate of drug-likeness (QED) is 0.782. The number of hydrogen-bond acceptors (Lipinski definition) is 2. The maximum atomic E-state index is 13.5. The minimum atomic E-state index is -0.766. The van der Waals surface area contributed by atoms with Gasteiger partial charge in [-0.05, 0) is 29.3 Å². The molecular weight excluding hydrogens is 289 g/mol. The van der Waals surface area contributed by atoms with E-state index in [-0.39, 0.29) is 11.4 Å². The van der Waals surface area contributed by atoms with E-state index in [9.17, 15) is 9.50 Å². The third-order valence-electron chi connectivity index (χ3n) is 3.48. The van der Waals surface area contributed by atoms with E-state index in [0.29, 0.717) is 5.56 Å². The molecule has 2 aromatic carbocycles. The monoisotopic (exact) mass is 301 g/mol. The highest BCUT2D eigenvalue weighted by Crippen LogP contribution is 2.28. The van der Waals surface area contributed by atoms with E-state index in [1.54, 1.807) is 18.3 Å². The second-order valence-electron chi connectivity index (χ2n) is 4.85. The average molecular weight is 302 g/mol. The normalized spacial score (nSPS) is 12.5. The van der Waals surface area contributed by atoms with Gasteiger partial charge in [0.25, 0.3) is 0 Å². The van der Waals surface area contributed by atoms with Gasteiger partial charge in [0.15, 0.2) is 0 Å². The van der Waals surface area contributed by atoms with Gasteiger partial charge < -0.3 is 5.11 Å². The Balaban J connectivity index is 1.97. The molecule has 0 spiro atoms. The lowest BCUT2D eigenvalue weighted by Crippen LogP contribution is -2.04. The second kappa shape index (κ2) is 5.80. The molecule has 1 aromatic heterocycles. The summed E-state index contributed by atoms with van der Waals surface area (Å²) in [5.41, 5.74) is 2.17.